The highest BCUT2D eigenvalue weighted by Gasteiger charge is 2.42. The molecular formula is C22H26N6O4. The molecule has 2 fully saturated rings. The number of likely N-dealkylation sites (tertiary alicyclic amines) is 1. The number of aliphatic hydroxyl groups excluding tert-OH is 3. The fourth-order valence-corrected chi connectivity index (χ4v) is 4.78. The second-order valence-corrected chi connectivity index (χ2v) is 8.58. The topological polar surface area (TPSA) is 137 Å². The molecule has 1 saturated carbocycles. The second kappa shape index (κ2) is 8.45. The Morgan fingerprint density at radius 3 is 2.66 bits per heavy atom. The lowest BCUT2D eigenvalue weighted by Crippen LogP contribution is -2.30. The second-order valence-electron chi connectivity index (χ2n) is 8.58. The van der Waals surface area contributed by atoms with Crippen LogP contribution in [0.3, 0.4) is 0 Å². The van der Waals surface area contributed by atoms with Crippen LogP contribution < -0.4 is 5.32 Å². The van der Waals surface area contributed by atoms with Crippen LogP contribution >= 0.6 is 0 Å². The molecule has 168 valence electrons. The first-order valence-electron chi connectivity index (χ1n) is 10.8. The van der Waals surface area contributed by atoms with Crippen molar-refractivity contribution in [1.29, 1.82) is 0 Å². The van der Waals surface area contributed by atoms with Gasteiger partial charge in [-0.15, -0.1) is 0 Å². The van der Waals surface area contributed by atoms with Crippen LogP contribution in [-0.2, 0) is 11.3 Å². The zero-order valence-corrected chi connectivity index (χ0v) is 17.4. The average molecular weight is 438 g/mol. The molecule has 3 aromatic rings. The van der Waals surface area contributed by atoms with Gasteiger partial charge >= 0.3 is 0 Å². The molecule has 5 rings (SSSR count). The van der Waals surface area contributed by atoms with Gasteiger partial charge in [0.1, 0.15) is 17.9 Å². The molecule has 10 heteroatoms. The summed E-state index contributed by atoms with van der Waals surface area (Å²) in [5, 5.41) is 33.4. The molecule has 32 heavy (non-hydrogen) atoms. The molecule has 1 aromatic carbocycles. The van der Waals surface area contributed by atoms with E-state index in [1.165, 1.54) is 6.33 Å². The van der Waals surface area contributed by atoms with Crippen molar-refractivity contribution in [2.75, 3.05) is 18.5 Å². The van der Waals surface area contributed by atoms with Crippen LogP contribution in [0.4, 0.5) is 5.82 Å². The fraction of sp³-hybridized carbons (Fsp3) is 0.455. The van der Waals surface area contributed by atoms with Gasteiger partial charge in [-0.1, -0.05) is 30.3 Å². The van der Waals surface area contributed by atoms with Gasteiger partial charge < -0.3 is 30.1 Å². The van der Waals surface area contributed by atoms with E-state index in [2.05, 4.69) is 20.3 Å². The maximum Gasteiger partial charge on any atom is 0.225 e. The number of aromatic nitrogens is 4. The van der Waals surface area contributed by atoms with Gasteiger partial charge in [-0.2, -0.15) is 0 Å². The largest absolute Gasteiger partial charge is 0.396 e. The Bertz CT molecular complexity index is 1110. The minimum Gasteiger partial charge on any atom is -0.396 e. The number of benzene rings is 1. The van der Waals surface area contributed by atoms with Crippen LogP contribution in [0.2, 0.25) is 0 Å². The van der Waals surface area contributed by atoms with Crippen LogP contribution in [0.1, 0.15) is 24.4 Å². The number of hydrogen-bond donors (Lipinski definition) is 4. The molecule has 3 heterocycles. The highest BCUT2D eigenvalue weighted by molar-refractivity contribution is 5.84. The Hall–Kier alpha value is -3.08. The Balaban J connectivity index is 1.33. The molecule has 5 atom stereocenters. The van der Waals surface area contributed by atoms with E-state index in [1.807, 2.05) is 35.2 Å². The van der Waals surface area contributed by atoms with Crippen molar-refractivity contribution in [3.05, 3.63) is 48.5 Å². The Morgan fingerprint density at radius 2 is 1.91 bits per heavy atom. The molecule has 1 aliphatic carbocycles. The number of imidazole rings is 1. The minimum absolute atomic E-state index is 0.0836. The van der Waals surface area contributed by atoms with E-state index in [4.69, 9.17) is 0 Å². The summed E-state index contributed by atoms with van der Waals surface area (Å²) in [6.45, 7) is 0.934. The number of anilines is 1. The Morgan fingerprint density at radius 1 is 1.09 bits per heavy atom. The normalized spacial score (nSPS) is 28.0. The van der Waals surface area contributed by atoms with Gasteiger partial charge in [0.25, 0.3) is 0 Å². The smallest absolute Gasteiger partial charge is 0.225 e. The third kappa shape index (κ3) is 3.70. The van der Waals surface area contributed by atoms with Crippen LogP contribution in [-0.4, -0.2) is 77.0 Å². The molecular weight excluding hydrogens is 412 g/mol. The number of carbonyl (C=O) groups is 1. The van der Waals surface area contributed by atoms with Gasteiger partial charge in [0.15, 0.2) is 11.5 Å². The minimum atomic E-state index is -1.02. The number of nitrogens with one attached hydrogen (secondary N) is 1. The summed E-state index contributed by atoms with van der Waals surface area (Å²) in [4.78, 5) is 27.4. The van der Waals surface area contributed by atoms with Gasteiger partial charge in [0.05, 0.1) is 24.5 Å². The number of carbonyl (C=O) groups excluding carboxylic acids is 1. The lowest BCUT2D eigenvalue weighted by atomic mass is 10.1. The zero-order chi connectivity index (χ0) is 22.2. The van der Waals surface area contributed by atoms with E-state index in [0.29, 0.717) is 42.9 Å². The number of aliphatic hydroxyl groups is 3. The molecule has 2 aromatic heterocycles. The molecule has 10 nitrogen and oxygen atoms in total. The number of fused-ring (bicyclic) bond motifs is 1. The molecule has 0 spiro atoms. The maximum atomic E-state index is 12.5. The standard InChI is InChI=1S/C22H26N6O4/c29-10-14-6-16(20(32)19(14)31)28-12-25-18-21(23-11-24-22(18)28)26-15-7-17(30)27(9-15)8-13-4-2-1-3-5-13/h1-5,11-12,14-16,19-20,29,31-32H,6-10H2,(H,23,24,26)/t14-,15+,16-,19-,20+/m1/s1. The maximum absolute atomic E-state index is 12.5. The Kier molecular flexibility index (Phi) is 5.50. The summed E-state index contributed by atoms with van der Waals surface area (Å²) in [7, 11) is 0. The average Bonchev–Trinajstić information content (AvgIpc) is 3.46. The number of nitrogens with zero attached hydrogens (tertiary/aromatic N) is 5. The lowest BCUT2D eigenvalue weighted by Gasteiger charge is -2.19. The van der Waals surface area contributed by atoms with E-state index in [-0.39, 0.29) is 18.6 Å². The van der Waals surface area contributed by atoms with Crippen LogP contribution in [0.5, 0.6) is 0 Å². The fourth-order valence-electron chi connectivity index (χ4n) is 4.78. The van der Waals surface area contributed by atoms with Gasteiger partial charge in [0.2, 0.25) is 5.91 Å². The third-order valence-electron chi connectivity index (χ3n) is 6.49. The van der Waals surface area contributed by atoms with Crippen molar-refractivity contribution >= 4 is 22.9 Å². The lowest BCUT2D eigenvalue weighted by molar-refractivity contribution is -0.128. The van der Waals surface area contributed by atoms with Crippen molar-refractivity contribution in [3.8, 4) is 0 Å². The monoisotopic (exact) mass is 438 g/mol. The quantitative estimate of drug-likeness (QED) is 0.432. The molecule has 4 N–H and O–H groups in total. The highest BCUT2D eigenvalue weighted by atomic mass is 16.3. The van der Waals surface area contributed by atoms with Crippen LogP contribution in [0.15, 0.2) is 43.0 Å². The summed E-state index contributed by atoms with van der Waals surface area (Å²) in [5.41, 5.74) is 2.15. The molecule has 2 aliphatic rings. The molecule has 0 bridgehead atoms. The third-order valence-corrected chi connectivity index (χ3v) is 6.49. The molecule has 1 aliphatic heterocycles. The highest BCUT2D eigenvalue weighted by Crippen LogP contribution is 2.37. The first-order chi connectivity index (χ1) is 15.5. The molecule has 1 amide bonds. The van der Waals surface area contributed by atoms with E-state index in [0.717, 1.165) is 5.56 Å². The van der Waals surface area contributed by atoms with E-state index >= 15 is 0 Å². The van der Waals surface area contributed by atoms with Crippen molar-refractivity contribution in [2.24, 2.45) is 5.92 Å². The van der Waals surface area contributed by atoms with Gasteiger partial charge in [-0.05, 0) is 12.0 Å². The summed E-state index contributed by atoms with van der Waals surface area (Å²) >= 11 is 0. The number of hydrogen-bond acceptors (Lipinski definition) is 8. The Labute approximate surface area is 184 Å². The van der Waals surface area contributed by atoms with Crippen LogP contribution in [0, 0.1) is 5.92 Å². The van der Waals surface area contributed by atoms with Crippen molar-refractivity contribution in [3.63, 3.8) is 0 Å². The van der Waals surface area contributed by atoms with Crippen molar-refractivity contribution < 1.29 is 20.1 Å². The summed E-state index contributed by atoms with van der Waals surface area (Å²) in [6.07, 6.45) is 1.76. The van der Waals surface area contributed by atoms with Gasteiger partial charge in [0, 0.05) is 32.0 Å². The van der Waals surface area contributed by atoms with E-state index in [9.17, 15) is 20.1 Å². The predicted molar refractivity (Wildman–Crippen MR) is 115 cm³/mol. The number of amides is 1. The summed E-state index contributed by atoms with van der Waals surface area (Å²) in [5.74, 6) is 0.215. The SMILES string of the molecule is O=C1C[C@H](Nc2ncnc3c2ncn3[C@@H]2C[C@H](CO)[C@@H](O)[C@H]2O)CN1Cc1ccccc1. The van der Waals surface area contributed by atoms with E-state index < -0.39 is 24.2 Å². The zero-order valence-electron chi connectivity index (χ0n) is 17.4. The first kappa shape index (κ1) is 20.8. The number of rotatable bonds is 6. The molecule has 1 saturated heterocycles. The first-order valence-corrected chi connectivity index (χ1v) is 10.8. The summed E-state index contributed by atoms with van der Waals surface area (Å²) < 4.78 is 1.73. The van der Waals surface area contributed by atoms with Crippen molar-refractivity contribution in [2.45, 2.75) is 43.7 Å². The predicted octanol–water partition coefficient (Wildman–Crippen LogP) is 0.314. The molecule has 0 unspecified atom stereocenters. The van der Waals surface area contributed by atoms with Gasteiger partial charge in [-0.25, -0.2) is 15.0 Å². The van der Waals surface area contributed by atoms with E-state index in [1.54, 1.807) is 10.9 Å². The summed E-state index contributed by atoms with van der Waals surface area (Å²) in [6, 6.07) is 9.34. The van der Waals surface area contributed by atoms with Crippen LogP contribution in [0.25, 0.3) is 11.2 Å². The van der Waals surface area contributed by atoms with Gasteiger partial charge in [-0.3, -0.25) is 4.79 Å². The van der Waals surface area contributed by atoms with Crippen molar-refractivity contribution in [1.82, 2.24) is 24.4 Å². The molecule has 0 radical (unpaired) electrons.